The van der Waals surface area contributed by atoms with E-state index in [-0.39, 0.29) is 16.7 Å². The first-order chi connectivity index (χ1) is 10.7. The topological polar surface area (TPSA) is 84.8 Å². The third-order valence-electron chi connectivity index (χ3n) is 3.65. The first-order valence-electron chi connectivity index (χ1n) is 7.16. The number of carbonyl (C=O) groups is 1. The van der Waals surface area contributed by atoms with Crippen LogP contribution in [0.2, 0.25) is 0 Å². The normalized spacial score (nSPS) is 19.1. The second-order valence-electron chi connectivity index (χ2n) is 5.62. The molecule has 1 atom stereocenters. The molecule has 7 heteroatoms. The van der Waals surface area contributed by atoms with E-state index in [0.29, 0.717) is 17.7 Å². The summed E-state index contributed by atoms with van der Waals surface area (Å²) in [4.78, 5) is 11.5. The number of rotatable bonds is 4. The molecule has 0 spiro atoms. The average molecular weight is 336 g/mol. The number of methoxy groups -OCH3 is 1. The number of amides is 1. The van der Waals surface area contributed by atoms with E-state index < -0.39 is 9.84 Å². The Kier molecular flexibility index (Phi) is 4.89. The Morgan fingerprint density at radius 1 is 1.43 bits per heavy atom. The van der Waals surface area contributed by atoms with Gasteiger partial charge in [-0.15, -0.1) is 0 Å². The highest BCUT2D eigenvalue weighted by atomic mass is 32.2. The molecule has 1 heterocycles. The van der Waals surface area contributed by atoms with E-state index >= 15 is 0 Å². The number of carbonyl (C=O) groups excluding carboxylic acids is 1. The van der Waals surface area contributed by atoms with Crippen LogP contribution in [0.5, 0.6) is 5.75 Å². The highest BCUT2D eigenvalue weighted by Gasteiger charge is 2.22. The zero-order chi connectivity index (χ0) is 17.2. The lowest BCUT2D eigenvalue weighted by Gasteiger charge is -2.20. The van der Waals surface area contributed by atoms with E-state index in [1.54, 1.807) is 12.1 Å². The summed E-state index contributed by atoms with van der Waals surface area (Å²) >= 11 is 0. The molecule has 0 aliphatic carbocycles. The van der Waals surface area contributed by atoms with Crippen molar-refractivity contribution in [3.8, 4) is 5.75 Å². The van der Waals surface area contributed by atoms with Crippen LogP contribution in [0.25, 0.3) is 6.08 Å². The molecule has 1 aromatic rings. The van der Waals surface area contributed by atoms with Gasteiger partial charge in [-0.25, -0.2) is 13.8 Å². The summed E-state index contributed by atoms with van der Waals surface area (Å²) in [6, 6.07) is 4.97. The van der Waals surface area contributed by atoms with Crippen molar-refractivity contribution in [1.82, 2.24) is 5.43 Å². The van der Waals surface area contributed by atoms with Crippen LogP contribution in [0.15, 0.2) is 33.8 Å². The van der Waals surface area contributed by atoms with Gasteiger partial charge in [0.15, 0.2) is 9.84 Å². The fourth-order valence-corrected chi connectivity index (χ4v) is 3.46. The van der Waals surface area contributed by atoms with Crippen molar-refractivity contribution in [2.24, 2.45) is 11.0 Å². The van der Waals surface area contributed by atoms with Crippen LogP contribution in [0.4, 0.5) is 0 Å². The summed E-state index contributed by atoms with van der Waals surface area (Å²) in [7, 11) is -1.95. The first-order valence-corrected chi connectivity index (χ1v) is 9.05. The number of hydrazone groups is 1. The van der Waals surface area contributed by atoms with Crippen LogP contribution in [0, 0.1) is 5.92 Å². The lowest BCUT2D eigenvalue weighted by Crippen LogP contribution is -2.31. The monoisotopic (exact) mass is 336 g/mol. The van der Waals surface area contributed by atoms with E-state index in [1.807, 2.05) is 19.9 Å². The number of nitrogens with one attached hydrogen (secondary N) is 1. The Bertz CT molecular complexity index is 794. The number of nitrogens with zero attached hydrogens (tertiary/aromatic N) is 1. The van der Waals surface area contributed by atoms with Crippen molar-refractivity contribution in [2.45, 2.75) is 25.2 Å². The molecule has 1 amide bonds. The molecule has 0 saturated carbocycles. The maximum absolute atomic E-state index is 11.9. The molecule has 1 aromatic carbocycles. The van der Waals surface area contributed by atoms with Crippen molar-refractivity contribution in [2.75, 3.05) is 13.4 Å². The largest absolute Gasteiger partial charge is 0.495 e. The van der Waals surface area contributed by atoms with Gasteiger partial charge in [0.2, 0.25) is 5.91 Å². The molecule has 1 N–H and O–H groups in total. The molecule has 0 fully saturated rings. The summed E-state index contributed by atoms with van der Waals surface area (Å²) in [5.74, 6) is 0.206. The Hall–Kier alpha value is -2.15. The third kappa shape index (κ3) is 3.79. The molecule has 1 aliphatic rings. The lowest BCUT2D eigenvalue weighted by atomic mass is 9.93. The third-order valence-corrected chi connectivity index (χ3v) is 4.77. The van der Waals surface area contributed by atoms with Gasteiger partial charge in [-0.05, 0) is 24.6 Å². The van der Waals surface area contributed by atoms with Crippen molar-refractivity contribution < 1.29 is 17.9 Å². The minimum Gasteiger partial charge on any atom is -0.495 e. The minimum absolute atomic E-state index is 0.00378. The van der Waals surface area contributed by atoms with Gasteiger partial charge in [-0.2, -0.15) is 5.10 Å². The Morgan fingerprint density at radius 2 is 2.13 bits per heavy atom. The highest BCUT2D eigenvalue weighted by molar-refractivity contribution is 7.90. The molecule has 2 rings (SSSR count). The Labute approximate surface area is 136 Å². The van der Waals surface area contributed by atoms with E-state index in [1.165, 1.54) is 13.2 Å². The molecule has 0 bridgehead atoms. The van der Waals surface area contributed by atoms with Gasteiger partial charge in [0.05, 0.1) is 12.8 Å². The quantitative estimate of drug-likeness (QED) is 0.911. The van der Waals surface area contributed by atoms with Gasteiger partial charge in [-0.1, -0.05) is 19.1 Å². The van der Waals surface area contributed by atoms with Gasteiger partial charge in [0.1, 0.15) is 10.6 Å². The number of sulfone groups is 1. The van der Waals surface area contributed by atoms with Crippen molar-refractivity contribution in [1.29, 1.82) is 0 Å². The molecular weight excluding hydrogens is 316 g/mol. The molecule has 0 aromatic heterocycles. The maximum Gasteiger partial charge on any atom is 0.240 e. The number of hydrogen-bond acceptors (Lipinski definition) is 5. The van der Waals surface area contributed by atoms with E-state index in [2.05, 4.69) is 10.5 Å². The van der Waals surface area contributed by atoms with E-state index in [0.717, 1.165) is 17.5 Å². The van der Waals surface area contributed by atoms with Gasteiger partial charge in [0.25, 0.3) is 0 Å². The molecule has 6 nitrogen and oxygen atoms in total. The van der Waals surface area contributed by atoms with E-state index in [9.17, 15) is 13.2 Å². The molecule has 1 unspecified atom stereocenters. The smallest absolute Gasteiger partial charge is 0.240 e. The first kappa shape index (κ1) is 17.2. The van der Waals surface area contributed by atoms with Crippen LogP contribution < -0.4 is 10.2 Å². The standard InChI is InChI=1S/C16H20N2O4S/c1-10(15-11(2)9-14(19)17-18-15)8-12-6-5-7-13(16(12)22-3)23(4,20)21/h5-8,11H,9H2,1-4H3,(H,17,19). The predicted molar refractivity (Wildman–Crippen MR) is 89.1 cm³/mol. The van der Waals surface area contributed by atoms with Gasteiger partial charge in [-0.3, -0.25) is 4.79 Å². The summed E-state index contributed by atoms with van der Waals surface area (Å²) in [6.07, 6.45) is 3.35. The Balaban J connectivity index is 2.49. The Morgan fingerprint density at radius 3 is 2.70 bits per heavy atom. The SMILES string of the molecule is COc1c(C=C(C)C2=NNC(=O)CC2C)cccc1S(C)(=O)=O. The van der Waals surface area contributed by atoms with Crippen molar-refractivity contribution >= 4 is 27.5 Å². The summed E-state index contributed by atoms with van der Waals surface area (Å²) < 4.78 is 29.0. The second-order valence-corrected chi connectivity index (χ2v) is 7.60. The van der Waals surface area contributed by atoms with Crippen LogP contribution in [-0.2, 0) is 14.6 Å². The lowest BCUT2D eigenvalue weighted by molar-refractivity contribution is -0.121. The second kappa shape index (κ2) is 6.54. The van der Waals surface area contributed by atoms with E-state index in [4.69, 9.17) is 4.74 Å². The van der Waals surface area contributed by atoms with Crippen LogP contribution in [-0.4, -0.2) is 33.4 Å². The number of para-hydroxylation sites is 1. The molecular formula is C16H20N2O4S. The van der Waals surface area contributed by atoms with Crippen LogP contribution >= 0.6 is 0 Å². The van der Waals surface area contributed by atoms with Gasteiger partial charge in [0, 0.05) is 24.2 Å². The van der Waals surface area contributed by atoms with Crippen molar-refractivity contribution in [3.63, 3.8) is 0 Å². The number of hydrogen-bond donors (Lipinski definition) is 1. The number of allylic oxidation sites excluding steroid dienone is 1. The molecule has 0 radical (unpaired) electrons. The minimum atomic E-state index is -3.39. The van der Waals surface area contributed by atoms with Crippen LogP contribution in [0.3, 0.4) is 0 Å². The highest BCUT2D eigenvalue weighted by Crippen LogP contribution is 2.30. The summed E-state index contributed by atoms with van der Waals surface area (Å²) in [6.45, 7) is 3.80. The average Bonchev–Trinajstić information content (AvgIpc) is 2.45. The van der Waals surface area contributed by atoms with Gasteiger partial charge >= 0.3 is 0 Å². The maximum atomic E-state index is 11.9. The number of ether oxygens (including phenoxy) is 1. The molecule has 124 valence electrons. The summed E-state index contributed by atoms with van der Waals surface area (Å²) in [5, 5.41) is 4.10. The molecule has 1 aliphatic heterocycles. The fourth-order valence-electron chi connectivity index (χ4n) is 2.59. The number of benzene rings is 1. The van der Waals surface area contributed by atoms with Gasteiger partial charge < -0.3 is 4.74 Å². The predicted octanol–water partition coefficient (Wildman–Crippen LogP) is 2.01. The van der Waals surface area contributed by atoms with Crippen molar-refractivity contribution in [3.05, 3.63) is 29.3 Å². The van der Waals surface area contributed by atoms with Crippen LogP contribution in [0.1, 0.15) is 25.8 Å². The fraction of sp³-hybridized carbons (Fsp3) is 0.375. The molecule has 0 saturated heterocycles. The summed E-state index contributed by atoms with van der Waals surface area (Å²) in [5.41, 5.74) is 4.75. The molecule has 23 heavy (non-hydrogen) atoms. The zero-order valence-corrected chi connectivity index (χ0v) is 14.4. The zero-order valence-electron chi connectivity index (χ0n) is 13.6.